The van der Waals surface area contributed by atoms with Gasteiger partial charge in [0.05, 0.1) is 5.02 Å². The van der Waals surface area contributed by atoms with Crippen LogP contribution in [0.2, 0.25) is 10.0 Å². The molecule has 0 aromatic heterocycles. The van der Waals surface area contributed by atoms with E-state index in [1.54, 1.807) is 6.07 Å². The number of piperazine rings is 1. The Kier molecular flexibility index (Phi) is 5.30. The minimum atomic E-state index is -0.0862. The molecule has 1 aromatic rings. The van der Waals surface area contributed by atoms with Crippen LogP contribution >= 0.6 is 23.2 Å². The second-order valence-electron chi connectivity index (χ2n) is 4.63. The lowest BCUT2D eigenvalue weighted by Gasteiger charge is -2.35. The number of halogens is 2. The molecule has 0 saturated carbocycles. The molecule has 0 spiro atoms. The first kappa shape index (κ1) is 14.9. The molecule has 1 aliphatic rings. The smallest absolute Gasteiger partial charge is 0.123 e. The number of hydrogen-bond acceptors (Lipinski definition) is 4. The highest BCUT2D eigenvalue weighted by atomic mass is 35.5. The third kappa shape index (κ3) is 3.52. The van der Waals surface area contributed by atoms with Crippen LogP contribution in [0.25, 0.3) is 0 Å². The summed E-state index contributed by atoms with van der Waals surface area (Å²) in [7, 11) is 0. The summed E-state index contributed by atoms with van der Waals surface area (Å²) in [5.74, 6) is 0.0921. The Morgan fingerprint density at radius 1 is 1.26 bits per heavy atom. The lowest BCUT2D eigenvalue weighted by Crippen LogP contribution is -2.45. The molecule has 1 atom stereocenters. The minimum Gasteiger partial charge on any atom is -0.508 e. The summed E-state index contributed by atoms with van der Waals surface area (Å²) >= 11 is 12.1. The van der Waals surface area contributed by atoms with E-state index in [1.165, 1.54) is 6.07 Å². The van der Waals surface area contributed by atoms with Crippen molar-refractivity contribution in [1.29, 1.82) is 0 Å². The maximum absolute atomic E-state index is 10.1. The average molecular weight is 305 g/mol. The van der Waals surface area contributed by atoms with Gasteiger partial charge in [-0.25, -0.2) is 0 Å². The highest BCUT2D eigenvalue weighted by molar-refractivity contribution is 6.35. The zero-order chi connectivity index (χ0) is 13.8. The molecule has 1 heterocycles. The van der Waals surface area contributed by atoms with Gasteiger partial charge in [0.1, 0.15) is 5.75 Å². The van der Waals surface area contributed by atoms with Gasteiger partial charge in [0.2, 0.25) is 0 Å². The third-order valence-electron chi connectivity index (χ3n) is 3.40. The van der Waals surface area contributed by atoms with Gasteiger partial charge in [-0.2, -0.15) is 0 Å². The summed E-state index contributed by atoms with van der Waals surface area (Å²) in [6, 6.07) is 3.04. The quantitative estimate of drug-likeness (QED) is 0.797. The predicted octanol–water partition coefficient (Wildman–Crippen LogP) is 2.03. The van der Waals surface area contributed by atoms with Crippen LogP contribution in [0.5, 0.6) is 5.75 Å². The third-order valence-corrected chi connectivity index (χ3v) is 3.93. The van der Waals surface area contributed by atoms with Crippen LogP contribution in [0.4, 0.5) is 0 Å². The van der Waals surface area contributed by atoms with E-state index in [0.29, 0.717) is 22.0 Å². The van der Waals surface area contributed by atoms with Crippen LogP contribution in [0.1, 0.15) is 18.0 Å². The van der Waals surface area contributed by atoms with Crippen molar-refractivity contribution in [3.05, 3.63) is 27.7 Å². The molecule has 4 nitrogen and oxygen atoms in total. The van der Waals surface area contributed by atoms with Gasteiger partial charge in [-0.3, -0.25) is 4.90 Å². The lowest BCUT2D eigenvalue weighted by atomic mass is 10.00. The molecule has 2 rings (SSSR count). The van der Waals surface area contributed by atoms with Gasteiger partial charge in [0, 0.05) is 49.4 Å². The number of aromatic hydroxyl groups is 1. The molecule has 0 amide bonds. The number of aliphatic hydroxyl groups excluding tert-OH is 1. The molecule has 19 heavy (non-hydrogen) atoms. The normalized spacial score (nSPS) is 18.5. The van der Waals surface area contributed by atoms with E-state index in [2.05, 4.69) is 10.2 Å². The van der Waals surface area contributed by atoms with Crippen molar-refractivity contribution in [2.45, 2.75) is 12.5 Å². The molecule has 0 aliphatic carbocycles. The number of nitrogens with zero attached hydrogens (tertiary/aromatic N) is 1. The van der Waals surface area contributed by atoms with Gasteiger partial charge in [0.25, 0.3) is 0 Å². The van der Waals surface area contributed by atoms with Crippen molar-refractivity contribution in [3.8, 4) is 5.75 Å². The van der Waals surface area contributed by atoms with Gasteiger partial charge < -0.3 is 15.5 Å². The van der Waals surface area contributed by atoms with Crippen LogP contribution < -0.4 is 5.32 Å². The molecule has 0 radical (unpaired) electrons. The number of benzene rings is 1. The maximum atomic E-state index is 10.1. The summed E-state index contributed by atoms with van der Waals surface area (Å²) in [5, 5.41) is 23.5. The Bertz CT molecular complexity index is 414. The van der Waals surface area contributed by atoms with E-state index < -0.39 is 0 Å². The van der Waals surface area contributed by atoms with Gasteiger partial charge in [-0.1, -0.05) is 23.2 Å². The number of hydrogen-bond donors (Lipinski definition) is 3. The van der Waals surface area contributed by atoms with Crippen molar-refractivity contribution >= 4 is 23.2 Å². The summed E-state index contributed by atoms with van der Waals surface area (Å²) in [6.45, 7) is 3.57. The molecule has 1 aromatic carbocycles. The lowest BCUT2D eigenvalue weighted by molar-refractivity contribution is 0.139. The molecule has 3 N–H and O–H groups in total. The van der Waals surface area contributed by atoms with Crippen LogP contribution in [0.3, 0.4) is 0 Å². The molecular formula is C13H18Cl2N2O2. The van der Waals surface area contributed by atoms with Crippen molar-refractivity contribution in [3.63, 3.8) is 0 Å². The molecule has 1 aliphatic heterocycles. The zero-order valence-electron chi connectivity index (χ0n) is 10.6. The predicted molar refractivity (Wildman–Crippen MR) is 77.0 cm³/mol. The van der Waals surface area contributed by atoms with E-state index in [0.717, 1.165) is 26.2 Å². The van der Waals surface area contributed by atoms with Crippen molar-refractivity contribution < 1.29 is 10.2 Å². The molecule has 0 unspecified atom stereocenters. The van der Waals surface area contributed by atoms with Gasteiger partial charge >= 0.3 is 0 Å². The van der Waals surface area contributed by atoms with Crippen LogP contribution in [-0.4, -0.2) is 47.9 Å². The fourth-order valence-electron chi connectivity index (χ4n) is 2.53. The first-order chi connectivity index (χ1) is 9.13. The Balaban J connectivity index is 2.32. The Morgan fingerprint density at radius 3 is 2.53 bits per heavy atom. The number of phenolic OH excluding ortho intramolecular Hbond substituents is 1. The second-order valence-corrected chi connectivity index (χ2v) is 5.48. The fourth-order valence-corrected chi connectivity index (χ4v) is 3.14. The second kappa shape index (κ2) is 6.77. The molecule has 106 valence electrons. The number of aliphatic hydroxyl groups is 1. The molecule has 6 heteroatoms. The SMILES string of the molecule is OCC[C@H](c1c(O)cc(Cl)cc1Cl)N1CCNCC1. The standard InChI is InChI=1S/C13H18Cl2N2O2/c14-9-7-10(15)13(12(19)8-9)11(1-6-18)17-4-2-16-3-5-17/h7-8,11,16,18-19H,1-6H2/t11-/m1/s1. The first-order valence-electron chi connectivity index (χ1n) is 6.37. The monoisotopic (exact) mass is 304 g/mol. The van der Waals surface area contributed by atoms with Crippen LogP contribution in [-0.2, 0) is 0 Å². The maximum Gasteiger partial charge on any atom is 0.123 e. The highest BCUT2D eigenvalue weighted by Crippen LogP contribution is 2.38. The zero-order valence-corrected chi connectivity index (χ0v) is 12.1. The summed E-state index contributed by atoms with van der Waals surface area (Å²) < 4.78 is 0. The van der Waals surface area contributed by atoms with Crippen LogP contribution in [0.15, 0.2) is 12.1 Å². The average Bonchev–Trinajstić information content (AvgIpc) is 2.37. The van der Waals surface area contributed by atoms with Crippen LogP contribution in [0, 0.1) is 0 Å². The Morgan fingerprint density at radius 2 is 1.95 bits per heavy atom. The van der Waals surface area contributed by atoms with E-state index in [-0.39, 0.29) is 18.4 Å². The van der Waals surface area contributed by atoms with E-state index >= 15 is 0 Å². The molecule has 1 fully saturated rings. The largest absolute Gasteiger partial charge is 0.508 e. The van der Waals surface area contributed by atoms with E-state index in [4.69, 9.17) is 23.2 Å². The Hall–Kier alpha value is -0.520. The van der Waals surface area contributed by atoms with Crippen molar-refractivity contribution in [2.75, 3.05) is 32.8 Å². The number of rotatable bonds is 4. The first-order valence-corrected chi connectivity index (χ1v) is 7.12. The topological polar surface area (TPSA) is 55.7 Å². The van der Waals surface area contributed by atoms with Crippen molar-refractivity contribution in [1.82, 2.24) is 10.2 Å². The summed E-state index contributed by atoms with van der Waals surface area (Å²) in [4.78, 5) is 2.22. The van der Waals surface area contributed by atoms with E-state index in [1.807, 2.05) is 0 Å². The fraction of sp³-hybridized carbons (Fsp3) is 0.538. The van der Waals surface area contributed by atoms with E-state index in [9.17, 15) is 10.2 Å². The molecular weight excluding hydrogens is 287 g/mol. The molecule has 0 bridgehead atoms. The van der Waals surface area contributed by atoms with Gasteiger partial charge in [-0.15, -0.1) is 0 Å². The summed E-state index contributed by atoms with van der Waals surface area (Å²) in [5.41, 5.74) is 0.655. The number of phenols is 1. The minimum absolute atomic E-state index is 0.0486. The molecule has 1 saturated heterocycles. The summed E-state index contributed by atoms with van der Waals surface area (Å²) in [6.07, 6.45) is 0.537. The Labute approximate surface area is 122 Å². The van der Waals surface area contributed by atoms with Crippen molar-refractivity contribution in [2.24, 2.45) is 0 Å². The van der Waals surface area contributed by atoms with Gasteiger partial charge in [-0.05, 0) is 18.6 Å². The number of nitrogens with one attached hydrogen (secondary N) is 1. The van der Waals surface area contributed by atoms with Gasteiger partial charge in [0.15, 0.2) is 0 Å². The highest BCUT2D eigenvalue weighted by Gasteiger charge is 2.26.